The van der Waals surface area contributed by atoms with Gasteiger partial charge in [-0.2, -0.15) is 0 Å². The Morgan fingerprint density at radius 2 is 1.78 bits per heavy atom. The Kier molecular flexibility index (Phi) is 3.50. The molecule has 0 saturated heterocycles. The van der Waals surface area contributed by atoms with Gasteiger partial charge < -0.3 is 5.73 Å². The van der Waals surface area contributed by atoms with Crippen LogP contribution in [0.4, 0.5) is 5.69 Å². The van der Waals surface area contributed by atoms with Gasteiger partial charge in [-0.15, -0.1) is 25.0 Å². The zero-order chi connectivity index (χ0) is 5.98. The maximum atomic E-state index is 5.44. The second-order valence-corrected chi connectivity index (χ2v) is 2.04. The van der Waals surface area contributed by atoms with E-state index >= 15 is 0 Å². The molecule has 0 bridgehead atoms. The molecule has 1 aromatic carbocycles. The predicted octanol–water partition coefficient (Wildman–Crippen LogP) is 1.98. The van der Waals surface area contributed by atoms with E-state index in [2.05, 4.69) is 12.6 Å². The Balaban J connectivity index is 0.000000640. The van der Waals surface area contributed by atoms with Crippen molar-refractivity contribution < 1.29 is 0 Å². The highest BCUT2D eigenvalue weighted by Crippen LogP contribution is 2.13. The van der Waals surface area contributed by atoms with Crippen LogP contribution in [0.15, 0.2) is 29.2 Å². The maximum absolute atomic E-state index is 5.44. The van der Waals surface area contributed by atoms with Gasteiger partial charge in [-0.3, -0.25) is 0 Å². The number of para-hydroxylation sites is 1. The molecule has 3 heteroatoms. The first-order valence-electron chi connectivity index (χ1n) is 2.34. The topological polar surface area (TPSA) is 26.0 Å². The van der Waals surface area contributed by atoms with Crippen LogP contribution in [0.3, 0.4) is 0 Å². The molecule has 0 atom stereocenters. The first-order chi connectivity index (χ1) is 3.80. The van der Waals surface area contributed by atoms with Gasteiger partial charge in [0.05, 0.1) is 0 Å². The Bertz CT molecular complexity index is 169. The minimum Gasteiger partial charge on any atom is -0.398 e. The molecule has 0 unspecified atom stereocenters. The summed E-state index contributed by atoms with van der Waals surface area (Å²) >= 11 is 4.07. The number of halogens is 1. The zero-order valence-corrected chi connectivity index (χ0v) is 6.45. The molecular weight excluding hydrogens is 154 g/mol. The van der Waals surface area contributed by atoms with E-state index in [0.29, 0.717) is 0 Å². The van der Waals surface area contributed by atoms with Crippen LogP contribution in [0.1, 0.15) is 0 Å². The van der Waals surface area contributed by atoms with E-state index in [-0.39, 0.29) is 12.4 Å². The Hall–Kier alpha value is -0.340. The molecule has 0 spiro atoms. The molecule has 0 saturated carbocycles. The lowest BCUT2D eigenvalue weighted by Gasteiger charge is -1.92. The standard InChI is InChI=1S/C6H7NS.ClH/c7-5-3-1-2-4-6(5)8;/h1-4,8H,7H2;1H. The van der Waals surface area contributed by atoms with E-state index in [4.69, 9.17) is 5.73 Å². The fourth-order valence-corrected chi connectivity index (χ4v) is 0.648. The molecule has 0 aliphatic carbocycles. The molecule has 50 valence electrons. The average molecular weight is 162 g/mol. The molecule has 9 heavy (non-hydrogen) atoms. The molecule has 0 heterocycles. The summed E-state index contributed by atoms with van der Waals surface area (Å²) in [6.07, 6.45) is 0. The summed E-state index contributed by atoms with van der Waals surface area (Å²) in [4.78, 5) is 0.840. The van der Waals surface area contributed by atoms with Gasteiger partial charge in [0.1, 0.15) is 0 Å². The summed E-state index contributed by atoms with van der Waals surface area (Å²) in [6, 6.07) is 7.47. The molecule has 1 nitrogen and oxygen atoms in total. The van der Waals surface area contributed by atoms with Crippen LogP contribution in [0.5, 0.6) is 0 Å². The molecule has 2 N–H and O–H groups in total. The second kappa shape index (κ2) is 3.64. The van der Waals surface area contributed by atoms with Gasteiger partial charge in [-0.05, 0) is 12.1 Å². The monoisotopic (exact) mass is 161 g/mol. The first kappa shape index (κ1) is 8.66. The third kappa shape index (κ3) is 2.16. The summed E-state index contributed by atoms with van der Waals surface area (Å²) in [5.41, 5.74) is 6.18. The number of nitrogen functional groups attached to an aromatic ring is 1. The van der Waals surface area contributed by atoms with Crippen molar-refractivity contribution in [3.8, 4) is 0 Å². The zero-order valence-electron chi connectivity index (χ0n) is 4.74. The van der Waals surface area contributed by atoms with Crippen molar-refractivity contribution in [3.63, 3.8) is 0 Å². The third-order valence-electron chi connectivity index (χ3n) is 0.937. The summed E-state index contributed by atoms with van der Waals surface area (Å²) in [7, 11) is 0. The van der Waals surface area contributed by atoms with Gasteiger partial charge in [0, 0.05) is 10.6 Å². The van der Waals surface area contributed by atoms with Crippen LogP contribution >= 0.6 is 25.0 Å². The SMILES string of the molecule is Cl.Nc1ccccc1S. The lowest BCUT2D eigenvalue weighted by atomic mass is 10.3. The molecule has 0 aliphatic rings. The smallest absolute Gasteiger partial charge is 0.0449 e. The summed E-state index contributed by atoms with van der Waals surface area (Å²) in [5, 5.41) is 0. The minimum absolute atomic E-state index is 0. The van der Waals surface area contributed by atoms with Gasteiger partial charge in [-0.25, -0.2) is 0 Å². The second-order valence-electron chi connectivity index (χ2n) is 1.56. The summed E-state index contributed by atoms with van der Waals surface area (Å²) in [6.45, 7) is 0. The van der Waals surface area contributed by atoms with Crippen LogP contribution in [-0.2, 0) is 0 Å². The highest BCUT2D eigenvalue weighted by Gasteiger charge is 1.85. The Morgan fingerprint density at radius 1 is 1.22 bits per heavy atom. The van der Waals surface area contributed by atoms with E-state index in [9.17, 15) is 0 Å². The molecular formula is C6H8ClNS. The number of hydrogen-bond donors (Lipinski definition) is 2. The number of rotatable bonds is 0. The molecule has 1 aromatic rings. The molecule has 0 radical (unpaired) electrons. The normalized spacial score (nSPS) is 8.11. The number of nitrogens with two attached hydrogens (primary N) is 1. The summed E-state index contributed by atoms with van der Waals surface area (Å²) in [5.74, 6) is 0. The van der Waals surface area contributed by atoms with Crippen molar-refractivity contribution >= 4 is 30.7 Å². The number of benzene rings is 1. The van der Waals surface area contributed by atoms with Crippen LogP contribution in [0.25, 0.3) is 0 Å². The largest absolute Gasteiger partial charge is 0.398 e. The number of thiol groups is 1. The lowest BCUT2D eigenvalue weighted by Crippen LogP contribution is -1.83. The molecule has 0 amide bonds. The van der Waals surface area contributed by atoms with Crippen LogP contribution in [0.2, 0.25) is 0 Å². The highest BCUT2D eigenvalue weighted by atomic mass is 35.5. The van der Waals surface area contributed by atoms with E-state index in [1.54, 1.807) is 0 Å². The van der Waals surface area contributed by atoms with Gasteiger partial charge in [-0.1, -0.05) is 12.1 Å². The van der Waals surface area contributed by atoms with E-state index < -0.39 is 0 Å². The predicted molar refractivity (Wildman–Crippen MR) is 45.4 cm³/mol. The van der Waals surface area contributed by atoms with Gasteiger partial charge in [0.2, 0.25) is 0 Å². The fraction of sp³-hybridized carbons (Fsp3) is 0. The fourth-order valence-electron chi connectivity index (χ4n) is 0.488. The van der Waals surface area contributed by atoms with E-state index in [1.807, 2.05) is 24.3 Å². The minimum atomic E-state index is 0. The van der Waals surface area contributed by atoms with Crippen molar-refractivity contribution in [2.45, 2.75) is 4.90 Å². The highest BCUT2D eigenvalue weighted by molar-refractivity contribution is 7.80. The van der Waals surface area contributed by atoms with Gasteiger partial charge >= 0.3 is 0 Å². The van der Waals surface area contributed by atoms with Crippen LogP contribution in [0, 0.1) is 0 Å². The van der Waals surface area contributed by atoms with E-state index in [0.717, 1.165) is 10.6 Å². The van der Waals surface area contributed by atoms with Crippen molar-refractivity contribution in [3.05, 3.63) is 24.3 Å². The van der Waals surface area contributed by atoms with Crippen molar-refractivity contribution in [2.75, 3.05) is 5.73 Å². The summed E-state index contributed by atoms with van der Waals surface area (Å²) < 4.78 is 0. The van der Waals surface area contributed by atoms with Crippen molar-refractivity contribution in [1.82, 2.24) is 0 Å². The number of anilines is 1. The molecule has 1 rings (SSSR count). The van der Waals surface area contributed by atoms with Gasteiger partial charge in [0.25, 0.3) is 0 Å². The van der Waals surface area contributed by atoms with Crippen LogP contribution in [-0.4, -0.2) is 0 Å². The third-order valence-corrected chi connectivity index (χ3v) is 1.34. The van der Waals surface area contributed by atoms with Crippen molar-refractivity contribution in [1.29, 1.82) is 0 Å². The number of hydrogen-bond acceptors (Lipinski definition) is 2. The lowest BCUT2D eigenvalue weighted by molar-refractivity contribution is 1.48. The maximum Gasteiger partial charge on any atom is 0.0449 e. The van der Waals surface area contributed by atoms with Gasteiger partial charge in [0.15, 0.2) is 0 Å². The van der Waals surface area contributed by atoms with E-state index in [1.165, 1.54) is 0 Å². The average Bonchev–Trinajstić information content (AvgIpc) is 1.77. The molecule has 0 aliphatic heterocycles. The quantitative estimate of drug-likeness (QED) is 0.442. The Labute approximate surface area is 66.1 Å². The van der Waals surface area contributed by atoms with Crippen LogP contribution < -0.4 is 5.73 Å². The Morgan fingerprint density at radius 3 is 2.11 bits per heavy atom. The molecule has 0 aromatic heterocycles. The molecule has 0 fully saturated rings. The first-order valence-corrected chi connectivity index (χ1v) is 2.79. The van der Waals surface area contributed by atoms with Crippen molar-refractivity contribution in [2.24, 2.45) is 0 Å².